The van der Waals surface area contributed by atoms with Crippen molar-refractivity contribution in [1.29, 1.82) is 0 Å². The van der Waals surface area contributed by atoms with E-state index < -0.39 is 0 Å². The highest BCUT2D eigenvalue weighted by Crippen LogP contribution is 2.17. The fourth-order valence-electron chi connectivity index (χ4n) is 3.15. The van der Waals surface area contributed by atoms with Crippen LogP contribution in [-0.2, 0) is 22.6 Å². The van der Waals surface area contributed by atoms with Crippen LogP contribution in [0.4, 0.5) is 0 Å². The van der Waals surface area contributed by atoms with Crippen LogP contribution >= 0.6 is 0 Å². The predicted molar refractivity (Wildman–Crippen MR) is 83.5 cm³/mol. The summed E-state index contributed by atoms with van der Waals surface area (Å²) in [5.41, 5.74) is 0. The summed E-state index contributed by atoms with van der Waals surface area (Å²) in [7, 11) is 1.83. The first-order valence-electron chi connectivity index (χ1n) is 8.44. The van der Waals surface area contributed by atoms with Crippen LogP contribution in [0.15, 0.2) is 0 Å². The molecule has 1 aromatic rings. The molecule has 0 saturated carbocycles. The van der Waals surface area contributed by atoms with Crippen molar-refractivity contribution in [2.45, 2.75) is 45.3 Å². The molecule has 1 aromatic heterocycles. The Labute approximate surface area is 136 Å². The molecule has 2 fully saturated rings. The maximum Gasteiger partial charge on any atom is 0.244 e. The highest BCUT2D eigenvalue weighted by Gasteiger charge is 2.25. The minimum absolute atomic E-state index is 0.0290. The number of carbonyl (C=O) groups is 1. The van der Waals surface area contributed by atoms with Gasteiger partial charge in [-0.25, -0.2) is 4.68 Å². The van der Waals surface area contributed by atoms with Gasteiger partial charge in [-0.15, -0.1) is 5.10 Å². The van der Waals surface area contributed by atoms with Crippen LogP contribution in [0, 0.1) is 5.92 Å². The van der Waals surface area contributed by atoms with Gasteiger partial charge in [0.15, 0.2) is 5.82 Å². The van der Waals surface area contributed by atoms with Gasteiger partial charge in [0.1, 0.15) is 6.54 Å². The summed E-state index contributed by atoms with van der Waals surface area (Å²) in [6, 6.07) is 0.172. The van der Waals surface area contributed by atoms with Gasteiger partial charge >= 0.3 is 0 Å². The van der Waals surface area contributed by atoms with E-state index >= 15 is 0 Å². The zero-order valence-corrected chi connectivity index (χ0v) is 14.0. The van der Waals surface area contributed by atoms with Crippen LogP contribution in [0.2, 0.25) is 0 Å². The zero-order valence-electron chi connectivity index (χ0n) is 14.0. The van der Waals surface area contributed by atoms with Crippen molar-refractivity contribution < 1.29 is 9.53 Å². The van der Waals surface area contributed by atoms with Gasteiger partial charge in [-0.3, -0.25) is 9.69 Å². The fraction of sp³-hybridized carbons (Fsp3) is 0.867. The summed E-state index contributed by atoms with van der Waals surface area (Å²) in [5.74, 6) is 1.59. The van der Waals surface area contributed by atoms with Crippen LogP contribution in [0.5, 0.6) is 0 Å². The SMILES string of the molecule is CC1CCN(Cc2nnnn2CC(=O)N(C)[C@H]2CCOC2)CC1. The van der Waals surface area contributed by atoms with E-state index in [0.717, 1.165) is 37.9 Å². The molecule has 1 atom stereocenters. The molecule has 2 aliphatic rings. The molecule has 0 spiro atoms. The number of nitrogens with zero attached hydrogens (tertiary/aromatic N) is 6. The van der Waals surface area contributed by atoms with E-state index in [1.165, 1.54) is 12.8 Å². The topological polar surface area (TPSA) is 76.4 Å². The molecule has 8 heteroatoms. The van der Waals surface area contributed by atoms with E-state index in [1.807, 2.05) is 7.05 Å². The van der Waals surface area contributed by atoms with Gasteiger partial charge in [0, 0.05) is 13.7 Å². The third-order valence-corrected chi connectivity index (χ3v) is 4.98. The van der Waals surface area contributed by atoms with E-state index in [9.17, 15) is 4.79 Å². The lowest BCUT2D eigenvalue weighted by Crippen LogP contribution is -2.40. The maximum absolute atomic E-state index is 12.4. The van der Waals surface area contributed by atoms with Gasteiger partial charge < -0.3 is 9.64 Å². The molecule has 2 saturated heterocycles. The number of tetrazole rings is 1. The van der Waals surface area contributed by atoms with Gasteiger partial charge in [-0.2, -0.15) is 0 Å². The first kappa shape index (κ1) is 16.3. The molecule has 0 unspecified atom stereocenters. The van der Waals surface area contributed by atoms with Gasteiger partial charge in [-0.05, 0) is 48.7 Å². The summed E-state index contributed by atoms with van der Waals surface area (Å²) in [6.07, 6.45) is 3.33. The number of hydrogen-bond acceptors (Lipinski definition) is 6. The predicted octanol–water partition coefficient (Wildman–Crippen LogP) is 0.152. The monoisotopic (exact) mass is 322 g/mol. The molecular formula is C15H26N6O2. The van der Waals surface area contributed by atoms with E-state index in [2.05, 4.69) is 27.3 Å². The van der Waals surface area contributed by atoms with E-state index in [1.54, 1.807) is 9.58 Å². The van der Waals surface area contributed by atoms with Crippen LogP contribution in [-0.4, -0.2) is 75.3 Å². The van der Waals surface area contributed by atoms with Crippen molar-refractivity contribution in [3.63, 3.8) is 0 Å². The summed E-state index contributed by atoms with van der Waals surface area (Å²) in [4.78, 5) is 16.6. The quantitative estimate of drug-likeness (QED) is 0.768. The third kappa shape index (κ3) is 4.06. The smallest absolute Gasteiger partial charge is 0.244 e. The Morgan fingerprint density at radius 3 is 2.83 bits per heavy atom. The summed E-state index contributed by atoms with van der Waals surface area (Å²) in [5, 5.41) is 11.9. The molecule has 1 amide bonds. The van der Waals surface area contributed by atoms with Crippen LogP contribution in [0.25, 0.3) is 0 Å². The number of likely N-dealkylation sites (N-methyl/N-ethyl adjacent to an activating group) is 1. The molecule has 0 N–H and O–H groups in total. The van der Waals surface area contributed by atoms with Crippen molar-refractivity contribution in [1.82, 2.24) is 30.0 Å². The molecule has 0 aliphatic carbocycles. The second kappa shape index (κ2) is 7.35. The average molecular weight is 322 g/mol. The zero-order chi connectivity index (χ0) is 16.2. The molecule has 128 valence electrons. The summed E-state index contributed by atoms with van der Waals surface area (Å²) < 4.78 is 6.98. The summed E-state index contributed by atoms with van der Waals surface area (Å²) >= 11 is 0. The van der Waals surface area contributed by atoms with Crippen molar-refractivity contribution >= 4 is 5.91 Å². The van der Waals surface area contributed by atoms with Crippen molar-refractivity contribution in [3.8, 4) is 0 Å². The van der Waals surface area contributed by atoms with Crippen LogP contribution < -0.4 is 0 Å². The second-order valence-electron chi connectivity index (χ2n) is 6.73. The van der Waals surface area contributed by atoms with Crippen LogP contribution in [0.1, 0.15) is 32.0 Å². The lowest BCUT2D eigenvalue weighted by Gasteiger charge is -2.29. The first-order valence-corrected chi connectivity index (χ1v) is 8.44. The third-order valence-electron chi connectivity index (χ3n) is 4.98. The molecule has 0 bridgehead atoms. The number of aromatic nitrogens is 4. The molecule has 3 rings (SSSR count). The van der Waals surface area contributed by atoms with Crippen LogP contribution in [0.3, 0.4) is 0 Å². The highest BCUT2D eigenvalue weighted by molar-refractivity contribution is 5.76. The van der Waals surface area contributed by atoms with Gasteiger partial charge in [-0.1, -0.05) is 6.92 Å². The second-order valence-corrected chi connectivity index (χ2v) is 6.73. The number of hydrogen-bond donors (Lipinski definition) is 0. The lowest BCUT2D eigenvalue weighted by atomic mass is 9.99. The Kier molecular flexibility index (Phi) is 5.22. The Morgan fingerprint density at radius 2 is 2.13 bits per heavy atom. The number of rotatable bonds is 5. The number of ether oxygens (including phenoxy) is 1. The Hall–Kier alpha value is -1.54. The minimum atomic E-state index is 0.0290. The molecular weight excluding hydrogens is 296 g/mol. The number of likely N-dealkylation sites (tertiary alicyclic amines) is 1. The van der Waals surface area contributed by atoms with Crippen molar-refractivity contribution in [2.24, 2.45) is 5.92 Å². The standard InChI is InChI=1S/C15H26N6O2/c1-12-3-6-20(7-4-12)9-14-16-17-18-21(14)10-15(22)19(2)13-5-8-23-11-13/h12-13H,3-11H2,1-2H3/t13-/m0/s1. The first-order chi connectivity index (χ1) is 11.1. The van der Waals surface area contributed by atoms with Gasteiger partial charge in [0.05, 0.1) is 19.2 Å². The normalized spacial score (nSPS) is 23.3. The Balaban J connectivity index is 1.56. The number of carbonyl (C=O) groups excluding carboxylic acids is 1. The Morgan fingerprint density at radius 1 is 1.35 bits per heavy atom. The molecule has 23 heavy (non-hydrogen) atoms. The van der Waals surface area contributed by atoms with Crippen molar-refractivity contribution in [3.05, 3.63) is 5.82 Å². The largest absolute Gasteiger partial charge is 0.379 e. The van der Waals surface area contributed by atoms with E-state index in [4.69, 9.17) is 4.74 Å². The Bertz CT molecular complexity index is 520. The van der Waals surface area contributed by atoms with Gasteiger partial charge in [0.2, 0.25) is 5.91 Å². The molecule has 0 aromatic carbocycles. The highest BCUT2D eigenvalue weighted by atomic mass is 16.5. The number of piperidine rings is 1. The maximum atomic E-state index is 12.4. The molecule has 2 aliphatic heterocycles. The number of amides is 1. The molecule has 3 heterocycles. The lowest BCUT2D eigenvalue weighted by molar-refractivity contribution is -0.132. The van der Waals surface area contributed by atoms with Crippen molar-refractivity contribution in [2.75, 3.05) is 33.4 Å². The average Bonchev–Trinajstić information content (AvgIpc) is 3.21. The minimum Gasteiger partial charge on any atom is -0.379 e. The summed E-state index contributed by atoms with van der Waals surface area (Å²) in [6.45, 7) is 6.69. The van der Waals surface area contributed by atoms with Gasteiger partial charge in [0.25, 0.3) is 0 Å². The molecule has 8 nitrogen and oxygen atoms in total. The van der Waals surface area contributed by atoms with E-state index in [0.29, 0.717) is 13.2 Å². The van der Waals surface area contributed by atoms with E-state index in [-0.39, 0.29) is 18.5 Å². The molecule has 0 radical (unpaired) electrons. The fourth-order valence-corrected chi connectivity index (χ4v) is 3.15.